The first kappa shape index (κ1) is 26.7. The minimum absolute atomic E-state index is 0.101. The highest BCUT2D eigenvalue weighted by Crippen LogP contribution is 2.21. The number of nitrogens with one attached hydrogen (secondary N) is 1. The SMILES string of the molecule is CCNC(=O)C(C)N(Cc1ccc(Br)cc1)C(=O)CN(c1ccc(F)cc1)S(=O)(=O)N(C)C. The highest BCUT2D eigenvalue weighted by Gasteiger charge is 2.32. The topological polar surface area (TPSA) is 90.0 Å². The van der Waals surface area contributed by atoms with Crippen LogP contribution in [0, 0.1) is 5.82 Å². The van der Waals surface area contributed by atoms with Crippen molar-refractivity contribution in [2.24, 2.45) is 0 Å². The van der Waals surface area contributed by atoms with E-state index in [2.05, 4.69) is 21.2 Å². The zero-order valence-corrected chi connectivity index (χ0v) is 21.4. The molecule has 0 heterocycles. The summed E-state index contributed by atoms with van der Waals surface area (Å²) < 4.78 is 42.1. The molecule has 0 saturated heterocycles. The number of carbonyl (C=O) groups is 2. The van der Waals surface area contributed by atoms with E-state index < -0.39 is 34.5 Å². The number of hydrogen-bond acceptors (Lipinski definition) is 4. The fourth-order valence-corrected chi connectivity index (χ4v) is 4.34. The highest BCUT2D eigenvalue weighted by molar-refractivity contribution is 9.10. The molecule has 1 atom stereocenters. The van der Waals surface area contributed by atoms with Crippen molar-refractivity contribution in [2.75, 3.05) is 31.5 Å². The van der Waals surface area contributed by atoms with Crippen molar-refractivity contribution < 1.29 is 22.4 Å². The molecule has 1 unspecified atom stereocenters. The Kier molecular flexibility index (Phi) is 9.38. The molecule has 180 valence electrons. The lowest BCUT2D eigenvalue weighted by molar-refractivity contribution is -0.139. The molecular weight excluding hydrogens is 515 g/mol. The van der Waals surface area contributed by atoms with Crippen molar-refractivity contribution in [3.05, 3.63) is 64.4 Å². The molecule has 0 bridgehead atoms. The molecule has 2 aromatic carbocycles. The van der Waals surface area contributed by atoms with Crippen LogP contribution in [-0.4, -0.2) is 62.7 Å². The van der Waals surface area contributed by atoms with Crippen LogP contribution in [0.25, 0.3) is 0 Å². The van der Waals surface area contributed by atoms with Crippen LogP contribution < -0.4 is 9.62 Å². The number of anilines is 1. The maximum Gasteiger partial charge on any atom is 0.304 e. The number of halogens is 2. The van der Waals surface area contributed by atoms with Gasteiger partial charge < -0.3 is 10.2 Å². The van der Waals surface area contributed by atoms with Gasteiger partial charge in [0.05, 0.1) is 5.69 Å². The van der Waals surface area contributed by atoms with Crippen LogP contribution >= 0.6 is 15.9 Å². The van der Waals surface area contributed by atoms with Crippen molar-refractivity contribution in [2.45, 2.75) is 26.4 Å². The van der Waals surface area contributed by atoms with Gasteiger partial charge in [0.1, 0.15) is 18.4 Å². The number of rotatable bonds is 10. The van der Waals surface area contributed by atoms with Crippen LogP contribution in [0.3, 0.4) is 0 Å². The van der Waals surface area contributed by atoms with Crippen LogP contribution in [0.4, 0.5) is 10.1 Å². The molecule has 0 radical (unpaired) electrons. The molecule has 0 aliphatic carbocycles. The molecule has 0 saturated carbocycles. The predicted octanol–water partition coefficient (Wildman–Crippen LogP) is 2.75. The molecule has 33 heavy (non-hydrogen) atoms. The number of likely N-dealkylation sites (N-methyl/N-ethyl adjacent to an activating group) is 1. The maximum absolute atomic E-state index is 13.4. The standard InChI is InChI=1S/C22H28BrFN4O4S/c1-5-25-22(30)16(2)27(14-17-6-8-18(23)9-7-17)21(29)15-28(33(31,32)26(3)4)20-12-10-19(24)11-13-20/h6-13,16H,5,14-15H2,1-4H3,(H,25,30). The predicted molar refractivity (Wildman–Crippen MR) is 129 cm³/mol. The van der Waals surface area contributed by atoms with E-state index >= 15 is 0 Å². The second-order valence-corrected chi connectivity index (χ2v) is 10.5. The molecule has 0 aliphatic rings. The molecule has 2 rings (SSSR count). The molecule has 2 amide bonds. The fraction of sp³-hybridized carbons (Fsp3) is 0.364. The Balaban J connectivity index is 2.43. The van der Waals surface area contributed by atoms with E-state index in [1.807, 2.05) is 24.3 Å². The summed E-state index contributed by atoms with van der Waals surface area (Å²) in [5, 5.41) is 2.69. The second kappa shape index (κ2) is 11.6. The van der Waals surface area contributed by atoms with Crippen molar-refractivity contribution in [1.82, 2.24) is 14.5 Å². The highest BCUT2D eigenvalue weighted by atomic mass is 79.9. The van der Waals surface area contributed by atoms with Crippen LogP contribution in [0.2, 0.25) is 0 Å². The number of nitrogens with zero attached hydrogens (tertiary/aromatic N) is 3. The summed E-state index contributed by atoms with van der Waals surface area (Å²) in [6, 6.07) is 11.2. The second-order valence-electron chi connectivity index (χ2n) is 7.49. The Morgan fingerprint density at radius 2 is 1.64 bits per heavy atom. The van der Waals surface area contributed by atoms with Gasteiger partial charge in [0.2, 0.25) is 11.8 Å². The molecule has 0 aliphatic heterocycles. The summed E-state index contributed by atoms with van der Waals surface area (Å²) in [7, 11) is -1.40. The van der Waals surface area contributed by atoms with Gasteiger partial charge >= 0.3 is 10.2 Å². The summed E-state index contributed by atoms with van der Waals surface area (Å²) in [6.07, 6.45) is 0. The number of benzene rings is 2. The summed E-state index contributed by atoms with van der Waals surface area (Å²) in [4.78, 5) is 27.3. The first-order valence-corrected chi connectivity index (χ1v) is 12.4. The lowest BCUT2D eigenvalue weighted by Gasteiger charge is -2.32. The van der Waals surface area contributed by atoms with E-state index in [9.17, 15) is 22.4 Å². The molecule has 0 aromatic heterocycles. The Morgan fingerprint density at radius 1 is 1.06 bits per heavy atom. The Labute approximate surface area is 202 Å². The Morgan fingerprint density at radius 3 is 2.15 bits per heavy atom. The molecular formula is C22H28BrFN4O4S. The van der Waals surface area contributed by atoms with Gasteiger partial charge in [-0.15, -0.1) is 0 Å². The van der Waals surface area contributed by atoms with Crippen molar-refractivity contribution >= 4 is 43.6 Å². The summed E-state index contributed by atoms with van der Waals surface area (Å²) in [5.74, 6) is -1.47. The molecule has 0 fully saturated rings. The average molecular weight is 543 g/mol. The van der Waals surface area contributed by atoms with Gasteiger partial charge in [0.25, 0.3) is 0 Å². The van der Waals surface area contributed by atoms with Gasteiger partial charge in [-0.2, -0.15) is 12.7 Å². The van der Waals surface area contributed by atoms with Crippen LogP contribution in [0.5, 0.6) is 0 Å². The zero-order chi connectivity index (χ0) is 24.8. The van der Waals surface area contributed by atoms with Gasteiger partial charge in [-0.25, -0.2) is 8.70 Å². The average Bonchev–Trinajstić information content (AvgIpc) is 2.77. The third kappa shape index (κ3) is 6.99. The van der Waals surface area contributed by atoms with Crippen LogP contribution in [0.15, 0.2) is 53.0 Å². The monoisotopic (exact) mass is 542 g/mol. The maximum atomic E-state index is 13.4. The number of carbonyl (C=O) groups excluding carboxylic acids is 2. The third-order valence-electron chi connectivity index (χ3n) is 4.92. The quantitative estimate of drug-likeness (QED) is 0.499. The largest absolute Gasteiger partial charge is 0.355 e. The van der Waals surface area contributed by atoms with Crippen molar-refractivity contribution in [3.8, 4) is 0 Å². The van der Waals surface area contributed by atoms with Gasteiger partial charge in [0.15, 0.2) is 0 Å². The number of amides is 2. The summed E-state index contributed by atoms with van der Waals surface area (Å²) in [6.45, 7) is 3.28. The fourth-order valence-electron chi connectivity index (χ4n) is 3.02. The van der Waals surface area contributed by atoms with E-state index in [4.69, 9.17) is 0 Å². The van der Waals surface area contributed by atoms with E-state index in [0.29, 0.717) is 6.54 Å². The van der Waals surface area contributed by atoms with Crippen LogP contribution in [0.1, 0.15) is 19.4 Å². The van der Waals surface area contributed by atoms with Gasteiger partial charge in [-0.05, 0) is 55.8 Å². The summed E-state index contributed by atoms with van der Waals surface area (Å²) >= 11 is 3.36. The van der Waals surface area contributed by atoms with Crippen LogP contribution in [-0.2, 0) is 26.3 Å². The molecule has 1 N–H and O–H groups in total. The zero-order valence-electron chi connectivity index (χ0n) is 19.0. The summed E-state index contributed by atoms with van der Waals surface area (Å²) in [5.41, 5.74) is 0.902. The lowest BCUT2D eigenvalue weighted by Crippen LogP contribution is -2.52. The molecule has 2 aromatic rings. The van der Waals surface area contributed by atoms with Crippen molar-refractivity contribution in [1.29, 1.82) is 0 Å². The number of hydrogen-bond donors (Lipinski definition) is 1. The third-order valence-corrected chi connectivity index (χ3v) is 7.27. The Hall–Kier alpha value is -2.50. The van der Waals surface area contributed by atoms with E-state index in [-0.39, 0.29) is 18.1 Å². The first-order chi connectivity index (χ1) is 15.5. The molecule has 11 heteroatoms. The molecule has 8 nitrogen and oxygen atoms in total. The van der Waals surface area contributed by atoms with Gasteiger partial charge in [-0.1, -0.05) is 28.1 Å². The smallest absolute Gasteiger partial charge is 0.304 e. The minimum Gasteiger partial charge on any atom is -0.355 e. The van der Waals surface area contributed by atoms with E-state index in [0.717, 1.165) is 30.8 Å². The molecule has 0 spiro atoms. The minimum atomic E-state index is -4.08. The lowest BCUT2D eigenvalue weighted by atomic mass is 10.1. The van der Waals surface area contributed by atoms with Crippen molar-refractivity contribution in [3.63, 3.8) is 0 Å². The Bertz CT molecular complexity index is 1060. The van der Waals surface area contributed by atoms with E-state index in [1.165, 1.54) is 31.1 Å². The van der Waals surface area contributed by atoms with Gasteiger partial charge in [-0.3, -0.25) is 9.59 Å². The van der Waals surface area contributed by atoms with Gasteiger partial charge in [0, 0.05) is 31.7 Å². The first-order valence-electron chi connectivity index (χ1n) is 10.2. The normalized spacial score (nSPS) is 12.3. The van der Waals surface area contributed by atoms with E-state index in [1.54, 1.807) is 13.8 Å².